The first kappa shape index (κ1) is 16.9. The molecule has 0 bridgehead atoms. The number of nitro groups is 1. The summed E-state index contributed by atoms with van der Waals surface area (Å²) in [5.74, 6) is -0.206. The minimum atomic E-state index is -0.669. The SMILES string of the molecule is N#CC1=C(N)Oc2ccc3ccccc3c2[C@@H]1c1cc([N+](=O)[O-])ccc1Cl. The van der Waals surface area contributed by atoms with Crippen LogP contribution in [0.3, 0.4) is 0 Å². The minimum Gasteiger partial charge on any atom is -0.440 e. The molecule has 0 radical (unpaired) electrons. The molecular weight excluding hydrogens is 366 g/mol. The molecule has 1 atom stereocenters. The number of nitrogens with two attached hydrogens (primary N) is 1. The summed E-state index contributed by atoms with van der Waals surface area (Å²) in [4.78, 5) is 10.8. The molecule has 0 aromatic heterocycles. The summed E-state index contributed by atoms with van der Waals surface area (Å²) in [6.07, 6.45) is 0. The van der Waals surface area contributed by atoms with Gasteiger partial charge in [-0.25, -0.2) is 0 Å². The van der Waals surface area contributed by atoms with Crippen LogP contribution in [0.5, 0.6) is 5.75 Å². The van der Waals surface area contributed by atoms with E-state index in [0.29, 0.717) is 21.9 Å². The van der Waals surface area contributed by atoms with E-state index < -0.39 is 10.8 Å². The second kappa shape index (κ2) is 6.31. The van der Waals surface area contributed by atoms with Crippen LogP contribution in [-0.4, -0.2) is 4.92 Å². The lowest BCUT2D eigenvalue weighted by Gasteiger charge is -2.28. The zero-order valence-electron chi connectivity index (χ0n) is 13.8. The van der Waals surface area contributed by atoms with Gasteiger partial charge in [-0.05, 0) is 28.5 Å². The molecule has 27 heavy (non-hydrogen) atoms. The Morgan fingerprint density at radius 1 is 1.19 bits per heavy atom. The number of benzene rings is 3. The summed E-state index contributed by atoms with van der Waals surface area (Å²) in [7, 11) is 0. The minimum absolute atomic E-state index is 0.0344. The number of nitro benzene ring substituents is 1. The van der Waals surface area contributed by atoms with E-state index in [1.165, 1.54) is 18.2 Å². The Morgan fingerprint density at radius 2 is 1.96 bits per heavy atom. The summed E-state index contributed by atoms with van der Waals surface area (Å²) in [6.45, 7) is 0. The van der Waals surface area contributed by atoms with Crippen molar-refractivity contribution in [2.45, 2.75) is 5.92 Å². The van der Waals surface area contributed by atoms with Gasteiger partial charge in [-0.15, -0.1) is 0 Å². The van der Waals surface area contributed by atoms with Crippen LogP contribution < -0.4 is 10.5 Å². The van der Waals surface area contributed by atoms with Crippen molar-refractivity contribution in [2.24, 2.45) is 5.73 Å². The lowest BCUT2D eigenvalue weighted by molar-refractivity contribution is -0.384. The number of allylic oxidation sites excluding steroid dienone is 1. The van der Waals surface area contributed by atoms with Crippen molar-refractivity contribution in [3.63, 3.8) is 0 Å². The van der Waals surface area contributed by atoms with Crippen molar-refractivity contribution < 1.29 is 9.66 Å². The van der Waals surface area contributed by atoms with Gasteiger partial charge in [0.25, 0.3) is 5.69 Å². The van der Waals surface area contributed by atoms with Gasteiger partial charge in [-0.3, -0.25) is 10.1 Å². The monoisotopic (exact) mass is 377 g/mol. The molecule has 0 fully saturated rings. The van der Waals surface area contributed by atoms with Crippen LogP contribution in [0.1, 0.15) is 17.0 Å². The lowest BCUT2D eigenvalue weighted by Crippen LogP contribution is -2.21. The zero-order valence-corrected chi connectivity index (χ0v) is 14.6. The van der Waals surface area contributed by atoms with Gasteiger partial charge in [-0.2, -0.15) is 5.26 Å². The molecule has 0 amide bonds. The third kappa shape index (κ3) is 2.65. The predicted octanol–water partition coefficient (Wildman–Crippen LogP) is 4.62. The third-order valence-corrected chi connectivity index (χ3v) is 4.96. The highest BCUT2D eigenvalue weighted by molar-refractivity contribution is 6.31. The van der Waals surface area contributed by atoms with Crippen LogP contribution in [0.25, 0.3) is 10.8 Å². The van der Waals surface area contributed by atoms with Crippen LogP contribution in [0.15, 0.2) is 66.1 Å². The van der Waals surface area contributed by atoms with Gasteiger partial charge in [0.2, 0.25) is 5.88 Å². The first-order valence-corrected chi connectivity index (χ1v) is 8.42. The molecule has 1 aliphatic heterocycles. The summed E-state index contributed by atoms with van der Waals surface area (Å²) >= 11 is 6.39. The fourth-order valence-electron chi connectivity index (χ4n) is 3.42. The largest absolute Gasteiger partial charge is 0.440 e. The maximum Gasteiger partial charge on any atom is 0.269 e. The van der Waals surface area contributed by atoms with E-state index in [2.05, 4.69) is 6.07 Å². The van der Waals surface area contributed by atoms with Crippen LogP contribution in [-0.2, 0) is 0 Å². The Bertz CT molecular complexity index is 1180. The second-order valence-corrected chi connectivity index (χ2v) is 6.49. The number of non-ortho nitro benzene ring substituents is 1. The molecule has 0 saturated carbocycles. The second-order valence-electron chi connectivity index (χ2n) is 6.09. The average Bonchev–Trinajstić information content (AvgIpc) is 2.67. The van der Waals surface area contributed by atoms with Crippen molar-refractivity contribution in [1.82, 2.24) is 0 Å². The van der Waals surface area contributed by atoms with Crippen molar-refractivity contribution >= 4 is 28.1 Å². The van der Waals surface area contributed by atoms with E-state index >= 15 is 0 Å². The fraction of sp³-hybridized carbons (Fsp3) is 0.0500. The maximum atomic E-state index is 11.3. The summed E-state index contributed by atoms with van der Waals surface area (Å²) in [6, 6.07) is 17.6. The highest BCUT2D eigenvalue weighted by atomic mass is 35.5. The standard InChI is InChI=1S/C20H12ClN3O3/c21-16-7-6-12(24(25)26)9-14(16)18-15(10-22)20(23)27-17-8-5-11-3-1-2-4-13(11)19(17)18/h1-9,18H,23H2/t18-/m1/s1. The normalized spacial score (nSPS) is 15.8. The Morgan fingerprint density at radius 3 is 2.70 bits per heavy atom. The predicted molar refractivity (Wildman–Crippen MR) is 101 cm³/mol. The van der Waals surface area contributed by atoms with E-state index in [1.807, 2.05) is 30.3 Å². The molecule has 0 saturated heterocycles. The van der Waals surface area contributed by atoms with Gasteiger partial charge in [0, 0.05) is 22.7 Å². The fourth-order valence-corrected chi connectivity index (χ4v) is 3.65. The number of fused-ring (bicyclic) bond motifs is 3. The molecule has 3 aromatic rings. The zero-order chi connectivity index (χ0) is 19.1. The van der Waals surface area contributed by atoms with Gasteiger partial charge in [-0.1, -0.05) is 41.9 Å². The number of hydrogen-bond acceptors (Lipinski definition) is 5. The van der Waals surface area contributed by atoms with E-state index in [4.69, 9.17) is 22.1 Å². The lowest BCUT2D eigenvalue weighted by atomic mass is 9.81. The molecule has 1 aliphatic rings. The molecular formula is C20H12ClN3O3. The van der Waals surface area contributed by atoms with Gasteiger partial charge in [0.1, 0.15) is 17.4 Å². The smallest absolute Gasteiger partial charge is 0.269 e. The van der Waals surface area contributed by atoms with Crippen molar-refractivity contribution in [3.05, 3.63) is 92.3 Å². The highest BCUT2D eigenvalue weighted by Gasteiger charge is 2.34. The first-order chi connectivity index (χ1) is 13.0. The number of rotatable bonds is 2. The van der Waals surface area contributed by atoms with Crippen LogP contribution in [0.2, 0.25) is 5.02 Å². The van der Waals surface area contributed by atoms with E-state index in [9.17, 15) is 15.4 Å². The molecule has 6 nitrogen and oxygen atoms in total. The molecule has 3 aromatic carbocycles. The van der Waals surface area contributed by atoms with E-state index in [0.717, 1.165) is 10.8 Å². The molecule has 0 aliphatic carbocycles. The van der Waals surface area contributed by atoms with Crippen molar-refractivity contribution in [1.29, 1.82) is 5.26 Å². The number of hydrogen-bond donors (Lipinski definition) is 1. The molecule has 4 rings (SSSR count). The number of halogens is 1. The van der Waals surface area contributed by atoms with Crippen LogP contribution in [0.4, 0.5) is 5.69 Å². The number of nitrogens with zero attached hydrogens (tertiary/aromatic N) is 2. The summed E-state index contributed by atoms with van der Waals surface area (Å²) in [5, 5.41) is 23.1. The Hall–Kier alpha value is -3.56. The van der Waals surface area contributed by atoms with Crippen molar-refractivity contribution in [2.75, 3.05) is 0 Å². The molecule has 7 heteroatoms. The topological polar surface area (TPSA) is 102 Å². The highest BCUT2D eigenvalue weighted by Crippen LogP contribution is 2.47. The third-order valence-electron chi connectivity index (χ3n) is 4.62. The average molecular weight is 378 g/mol. The van der Waals surface area contributed by atoms with E-state index in [1.54, 1.807) is 6.07 Å². The molecule has 0 unspecified atom stereocenters. The quantitative estimate of drug-likeness (QED) is 0.518. The van der Waals surface area contributed by atoms with E-state index in [-0.39, 0.29) is 17.1 Å². The van der Waals surface area contributed by atoms with Gasteiger partial charge >= 0.3 is 0 Å². The molecule has 2 N–H and O–H groups in total. The maximum absolute atomic E-state index is 11.3. The molecule has 1 heterocycles. The van der Waals surface area contributed by atoms with Crippen LogP contribution >= 0.6 is 11.6 Å². The summed E-state index contributed by atoms with van der Waals surface area (Å²) < 4.78 is 5.67. The Labute approximate surface area is 159 Å². The van der Waals surface area contributed by atoms with Gasteiger partial charge < -0.3 is 10.5 Å². The summed E-state index contributed by atoms with van der Waals surface area (Å²) in [5.41, 5.74) is 7.18. The Balaban J connectivity index is 2.08. The Kier molecular flexibility index (Phi) is 3.94. The number of nitriles is 1. The first-order valence-electron chi connectivity index (χ1n) is 8.04. The molecule has 0 spiro atoms. The molecule has 132 valence electrons. The number of ether oxygens (including phenoxy) is 1. The van der Waals surface area contributed by atoms with Gasteiger partial charge in [0.15, 0.2) is 0 Å². The van der Waals surface area contributed by atoms with Crippen LogP contribution in [0, 0.1) is 21.4 Å². The van der Waals surface area contributed by atoms with Crippen molar-refractivity contribution in [3.8, 4) is 11.8 Å². The van der Waals surface area contributed by atoms with Gasteiger partial charge in [0.05, 0.1) is 10.8 Å².